The number of thiazole rings is 1. The van der Waals surface area contributed by atoms with Gasteiger partial charge in [0.2, 0.25) is 0 Å². The molecule has 88 valence electrons. The molecule has 0 saturated carbocycles. The largest absolute Gasteiger partial charge is 0.496 e. The molecule has 2 aromatic rings. The van der Waals surface area contributed by atoms with Gasteiger partial charge in [0, 0.05) is 6.07 Å². The number of hydrogen-bond acceptors (Lipinski definition) is 4. The van der Waals surface area contributed by atoms with E-state index in [1.165, 1.54) is 13.2 Å². The van der Waals surface area contributed by atoms with Crippen molar-refractivity contribution in [1.82, 2.24) is 4.98 Å². The van der Waals surface area contributed by atoms with Crippen molar-refractivity contribution >= 4 is 21.6 Å². The Balaban J connectivity index is 2.72. The van der Waals surface area contributed by atoms with Crippen LogP contribution in [0, 0.1) is 11.3 Å². The van der Waals surface area contributed by atoms with E-state index in [-0.39, 0.29) is 16.3 Å². The van der Waals surface area contributed by atoms with Crippen molar-refractivity contribution in [3.8, 4) is 11.8 Å². The number of fused-ring (bicyclic) bond motifs is 1. The quantitative estimate of drug-likeness (QED) is 0.789. The van der Waals surface area contributed by atoms with E-state index < -0.39 is 11.7 Å². The van der Waals surface area contributed by atoms with E-state index in [0.717, 1.165) is 17.4 Å². The summed E-state index contributed by atoms with van der Waals surface area (Å²) in [6.45, 7) is 0. The van der Waals surface area contributed by atoms with Gasteiger partial charge < -0.3 is 4.74 Å². The van der Waals surface area contributed by atoms with Crippen LogP contribution in [0.1, 0.15) is 10.6 Å². The Morgan fingerprint density at radius 2 is 2.12 bits per heavy atom. The number of rotatable bonds is 1. The highest BCUT2D eigenvalue weighted by molar-refractivity contribution is 7.19. The van der Waals surface area contributed by atoms with Gasteiger partial charge in [-0.3, -0.25) is 0 Å². The van der Waals surface area contributed by atoms with Crippen LogP contribution in [0.25, 0.3) is 10.2 Å². The summed E-state index contributed by atoms with van der Waals surface area (Å²) in [5, 5.41) is 8.77. The number of alkyl halides is 3. The molecule has 0 bridgehead atoms. The second-order valence-electron chi connectivity index (χ2n) is 3.15. The lowest BCUT2D eigenvalue weighted by Crippen LogP contribution is -2.07. The third-order valence-corrected chi connectivity index (χ3v) is 3.03. The number of halogens is 3. The first-order chi connectivity index (χ1) is 7.95. The Morgan fingerprint density at radius 3 is 2.65 bits per heavy atom. The lowest BCUT2D eigenvalue weighted by Gasteiger charge is -2.11. The molecule has 0 aliphatic rings. The number of hydrogen-bond donors (Lipinski definition) is 0. The van der Waals surface area contributed by atoms with Crippen molar-refractivity contribution in [2.75, 3.05) is 7.11 Å². The molecular formula is C10H5F3N2OS. The maximum absolute atomic E-state index is 12.7. The minimum absolute atomic E-state index is 0.126. The molecule has 0 N–H and O–H groups in total. The summed E-state index contributed by atoms with van der Waals surface area (Å²) in [5.74, 6) is -0.266. The van der Waals surface area contributed by atoms with E-state index in [2.05, 4.69) is 4.98 Å². The van der Waals surface area contributed by atoms with Gasteiger partial charge in [0.25, 0.3) is 0 Å². The molecule has 1 aromatic heterocycles. The van der Waals surface area contributed by atoms with E-state index in [0.29, 0.717) is 4.70 Å². The molecule has 0 saturated heterocycles. The van der Waals surface area contributed by atoms with Gasteiger partial charge in [-0.05, 0) is 6.07 Å². The topological polar surface area (TPSA) is 45.9 Å². The molecule has 17 heavy (non-hydrogen) atoms. The Hall–Kier alpha value is -1.81. The average Bonchev–Trinajstić information content (AvgIpc) is 2.67. The highest BCUT2D eigenvalue weighted by Gasteiger charge is 2.35. The molecule has 7 heteroatoms. The van der Waals surface area contributed by atoms with E-state index in [4.69, 9.17) is 10.00 Å². The number of nitriles is 1. The molecule has 2 rings (SSSR count). The van der Waals surface area contributed by atoms with Crippen LogP contribution in [0.4, 0.5) is 13.2 Å². The summed E-state index contributed by atoms with van der Waals surface area (Å²) in [6, 6.07) is 3.94. The molecular weight excluding hydrogens is 253 g/mol. The zero-order chi connectivity index (χ0) is 12.6. The average molecular weight is 258 g/mol. The van der Waals surface area contributed by atoms with Crippen molar-refractivity contribution < 1.29 is 17.9 Å². The van der Waals surface area contributed by atoms with E-state index >= 15 is 0 Å². The Morgan fingerprint density at radius 1 is 1.41 bits per heavy atom. The maximum atomic E-state index is 12.7. The standard InChI is InChI=1S/C10H5F3N2OS/c1-16-7-3-8-6(15-9(4-14)17-8)2-5(7)10(11,12)13/h2-3H,1H3. The predicted octanol–water partition coefficient (Wildman–Crippen LogP) is 3.20. The molecule has 3 nitrogen and oxygen atoms in total. The molecule has 0 radical (unpaired) electrons. The molecule has 0 aliphatic heterocycles. The molecule has 0 fully saturated rings. The van der Waals surface area contributed by atoms with Crippen molar-refractivity contribution in [3.63, 3.8) is 0 Å². The molecule has 0 aliphatic carbocycles. The second-order valence-corrected chi connectivity index (χ2v) is 4.18. The van der Waals surface area contributed by atoms with Crippen LogP contribution in [-0.2, 0) is 6.18 Å². The van der Waals surface area contributed by atoms with Crippen molar-refractivity contribution in [1.29, 1.82) is 5.26 Å². The molecule has 1 heterocycles. The normalized spacial score (nSPS) is 11.5. The highest BCUT2D eigenvalue weighted by atomic mass is 32.1. The molecule has 1 aromatic carbocycles. The third-order valence-electron chi connectivity index (χ3n) is 2.11. The number of ether oxygens (including phenoxy) is 1. The van der Waals surface area contributed by atoms with E-state index in [1.807, 2.05) is 0 Å². The van der Waals surface area contributed by atoms with Crippen LogP contribution < -0.4 is 4.74 Å². The number of benzene rings is 1. The van der Waals surface area contributed by atoms with Gasteiger partial charge in [0.05, 0.1) is 22.9 Å². The van der Waals surface area contributed by atoms with Crippen LogP contribution in [0.15, 0.2) is 12.1 Å². The fourth-order valence-electron chi connectivity index (χ4n) is 1.39. The SMILES string of the molecule is COc1cc2sc(C#N)nc2cc1C(F)(F)F. The molecule has 0 atom stereocenters. The number of methoxy groups -OCH3 is 1. The summed E-state index contributed by atoms with van der Waals surface area (Å²) < 4.78 is 43.2. The minimum Gasteiger partial charge on any atom is -0.496 e. The van der Waals surface area contributed by atoms with Gasteiger partial charge in [-0.1, -0.05) is 0 Å². The van der Waals surface area contributed by atoms with Gasteiger partial charge in [-0.2, -0.15) is 18.4 Å². The summed E-state index contributed by atoms with van der Waals surface area (Å²) in [7, 11) is 1.17. The summed E-state index contributed by atoms with van der Waals surface area (Å²) >= 11 is 1.03. The minimum atomic E-state index is -4.50. The fraction of sp³-hybridized carbons (Fsp3) is 0.200. The van der Waals surface area contributed by atoms with Gasteiger partial charge in [0.15, 0.2) is 5.01 Å². The third kappa shape index (κ3) is 2.03. The number of nitrogens with zero attached hydrogens (tertiary/aromatic N) is 2. The monoisotopic (exact) mass is 258 g/mol. The van der Waals surface area contributed by atoms with Crippen LogP contribution in [0.3, 0.4) is 0 Å². The smallest absolute Gasteiger partial charge is 0.420 e. The van der Waals surface area contributed by atoms with Crippen LogP contribution in [-0.4, -0.2) is 12.1 Å². The molecule has 0 spiro atoms. The van der Waals surface area contributed by atoms with Crippen molar-refractivity contribution in [3.05, 3.63) is 22.7 Å². The second kappa shape index (κ2) is 3.89. The summed E-state index contributed by atoms with van der Waals surface area (Å²) in [6.07, 6.45) is -4.50. The number of aromatic nitrogens is 1. The Kier molecular flexibility index (Phi) is 2.67. The lowest BCUT2D eigenvalue weighted by atomic mass is 10.2. The zero-order valence-electron chi connectivity index (χ0n) is 8.50. The van der Waals surface area contributed by atoms with Gasteiger partial charge in [0.1, 0.15) is 11.8 Å². The summed E-state index contributed by atoms with van der Waals surface area (Å²) in [5.41, 5.74) is -0.734. The Bertz CT molecular complexity index is 612. The first kappa shape index (κ1) is 11.7. The zero-order valence-corrected chi connectivity index (χ0v) is 9.32. The molecule has 0 unspecified atom stereocenters. The summed E-state index contributed by atoms with van der Waals surface area (Å²) in [4.78, 5) is 3.78. The van der Waals surface area contributed by atoms with Crippen LogP contribution >= 0.6 is 11.3 Å². The van der Waals surface area contributed by atoms with Crippen molar-refractivity contribution in [2.45, 2.75) is 6.18 Å². The van der Waals surface area contributed by atoms with E-state index in [9.17, 15) is 13.2 Å². The van der Waals surface area contributed by atoms with Crippen LogP contribution in [0.5, 0.6) is 5.75 Å². The van der Waals surface area contributed by atoms with Crippen LogP contribution in [0.2, 0.25) is 0 Å². The van der Waals surface area contributed by atoms with Gasteiger partial charge >= 0.3 is 6.18 Å². The highest BCUT2D eigenvalue weighted by Crippen LogP contribution is 2.39. The molecule has 0 amide bonds. The van der Waals surface area contributed by atoms with Crippen molar-refractivity contribution in [2.24, 2.45) is 0 Å². The fourth-order valence-corrected chi connectivity index (χ4v) is 2.17. The maximum Gasteiger partial charge on any atom is 0.420 e. The predicted molar refractivity (Wildman–Crippen MR) is 55.9 cm³/mol. The lowest BCUT2D eigenvalue weighted by molar-refractivity contribution is -0.138. The van der Waals surface area contributed by atoms with Gasteiger partial charge in [-0.25, -0.2) is 4.98 Å². The first-order valence-corrected chi connectivity index (χ1v) is 5.23. The van der Waals surface area contributed by atoms with Gasteiger partial charge in [-0.15, -0.1) is 11.3 Å². The van der Waals surface area contributed by atoms with E-state index in [1.54, 1.807) is 6.07 Å². The first-order valence-electron chi connectivity index (χ1n) is 4.41. The Labute approximate surface area is 98.1 Å².